The Morgan fingerprint density at radius 2 is 2.45 bits per heavy atom. The van der Waals surface area contributed by atoms with Gasteiger partial charge < -0.3 is 0 Å². The fourth-order valence-electron chi connectivity index (χ4n) is 1.13. The van der Waals surface area contributed by atoms with Crippen molar-refractivity contribution in [3.8, 4) is 0 Å². The third kappa shape index (κ3) is 1.76. The number of hydrogen-bond donors (Lipinski definition) is 0. The van der Waals surface area contributed by atoms with Gasteiger partial charge in [-0.15, -0.1) is 0 Å². The molecule has 0 bridgehead atoms. The Kier molecular flexibility index (Phi) is 2.48. The molecule has 1 aliphatic rings. The largest absolute Gasteiger partial charge is 0.211 e. The molecule has 5 heteroatoms. The molecule has 1 unspecified atom stereocenters. The van der Waals surface area contributed by atoms with Crippen molar-refractivity contribution in [2.45, 2.75) is 18.1 Å². The van der Waals surface area contributed by atoms with E-state index >= 15 is 0 Å². The van der Waals surface area contributed by atoms with E-state index in [1.807, 2.05) is 11.8 Å². The summed E-state index contributed by atoms with van der Waals surface area (Å²) in [5.41, 5.74) is 0. The fourth-order valence-corrected chi connectivity index (χ4v) is 3.27. The predicted octanol–water partition coefficient (Wildman–Crippen LogP) is 2.87. The molecule has 0 amide bonds. The van der Waals surface area contributed by atoms with Gasteiger partial charge in [-0.1, -0.05) is 0 Å². The van der Waals surface area contributed by atoms with Crippen LogP contribution in [0.5, 0.6) is 0 Å². The molecule has 1 aromatic rings. The van der Waals surface area contributed by atoms with Crippen LogP contribution >= 0.6 is 39.2 Å². The zero-order valence-electron chi connectivity index (χ0n) is 5.79. The Hall–Kier alpha value is 0.390. The van der Waals surface area contributed by atoms with Crippen LogP contribution in [-0.2, 0) is 0 Å². The first-order valence-corrected chi connectivity index (χ1v) is 6.08. The van der Waals surface area contributed by atoms with Crippen LogP contribution in [0.4, 0.5) is 0 Å². The maximum absolute atomic E-state index is 4.30. The Labute approximate surface area is 82.1 Å². The van der Waals surface area contributed by atoms with Crippen molar-refractivity contribution in [1.29, 1.82) is 0 Å². The first kappa shape index (κ1) is 8.01. The number of rotatable bonds is 1. The SMILES string of the molecule is Brc1nc(C2CCCS2)ns1. The van der Waals surface area contributed by atoms with Crippen LogP contribution in [0.2, 0.25) is 0 Å². The van der Waals surface area contributed by atoms with E-state index in [9.17, 15) is 0 Å². The maximum Gasteiger partial charge on any atom is 0.179 e. The minimum absolute atomic E-state index is 0.567. The average molecular weight is 251 g/mol. The molecule has 1 atom stereocenters. The molecule has 0 aromatic carbocycles. The van der Waals surface area contributed by atoms with Crippen LogP contribution in [-0.4, -0.2) is 15.1 Å². The lowest BCUT2D eigenvalue weighted by Crippen LogP contribution is -1.90. The van der Waals surface area contributed by atoms with E-state index in [1.165, 1.54) is 30.1 Å². The highest BCUT2D eigenvalue weighted by molar-refractivity contribution is 9.11. The number of thioether (sulfide) groups is 1. The standard InChI is InChI=1S/C6H7BrN2S2/c7-6-8-5(9-11-6)4-2-1-3-10-4/h4H,1-3H2. The molecule has 0 N–H and O–H groups in total. The van der Waals surface area contributed by atoms with E-state index in [1.54, 1.807) is 0 Å². The lowest BCUT2D eigenvalue weighted by Gasteiger charge is -1.99. The number of aromatic nitrogens is 2. The number of nitrogens with zero attached hydrogens (tertiary/aromatic N) is 2. The molecule has 2 heterocycles. The van der Waals surface area contributed by atoms with Gasteiger partial charge in [-0.05, 0) is 46.1 Å². The Morgan fingerprint density at radius 3 is 3.00 bits per heavy atom. The molecule has 0 spiro atoms. The molecule has 1 fully saturated rings. The summed E-state index contributed by atoms with van der Waals surface area (Å²) in [6.45, 7) is 0. The summed E-state index contributed by atoms with van der Waals surface area (Å²) >= 11 is 6.72. The molecule has 1 saturated heterocycles. The van der Waals surface area contributed by atoms with Crippen molar-refractivity contribution >= 4 is 39.2 Å². The van der Waals surface area contributed by atoms with E-state index < -0.39 is 0 Å². The zero-order valence-corrected chi connectivity index (χ0v) is 9.01. The van der Waals surface area contributed by atoms with Crippen LogP contribution in [0.15, 0.2) is 3.92 Å². The van der Waals surface area contributed by atoms with Crippen LogP contribution in [0, 0.1) is 0 Å². The van der Waals surface area contributed by atoms with E-state index in [-0.39, 0.29) is 0 Å². The quantitative estimate of drug-likeness (QED) is 0.767. The minimum Gasteiger partial charge on any atom is -0.211 e. The first-order valence-electron chi connectivity index (χ1n) is 3.47. The van der Waals surface area contributed by atoms with E-state index in [4.69, 9.17) is 0 Å². The summed E-state index contributed by atoms with van der Waals surface area (Å²) in [5.74, 6) is 2.28. The number of halogens is 1. The fraction of sp³-hybridized carbons (Fsp3) is 0.667. The van der Waals surface area contributed by atoms with Crippen LogP contribution in [0.25, 0.3) is 0 Å². The van der Waals surface area contributed by atoms with E-state index in [0.29, 0.717) is 5.25 Å². The van der Waals surface area contributed by atoms with Crippen molar-refractivity contribution in [3.05, 3.63) is 9.74 Å². The molecule has 60 valence electrons. The highest BCUT2D eigenvalue weighted by atomic mass is 79.9. The third-order valence-corrected chi connectivity index (χ3v) is 4.14. The van der Waals surface area contributed by atoms with Crippen LogP contribution < -0.4 is 0 Å². The first-order chi connectivity index (χ1) is 5.36. The molecule has 11 heavy (non-hydrogen) atoms. The Balaban J connectivity index is 2.15. The topological polar surface area (TPSA) is 25.8 Å². The summed E-state index contributed by atoms with van der Waals surface area (Å²) in [7, 11) is 0. The van der Waals surface area contributed by atoms with Crippen molar-refractivity contribution in [2.24, 2.45) is 0 Å². The van der Waals surface area contributed by atoms with E-state index in [0.717, 1.165) is 9.74 Å². The molecular formula is C6H7BrN2S2. The Bertz CT molecular complexity index is 244. The zero-order chi connectivity index (χ0) is 7.68. The second kappa shape index (κ2) is 3.41. The van der Waals surface area contributed by atoms with Gasteiger partial charge in [0.25, 0.3) is 0 Å². The summed E-state index contributed by atoms with van der Waals surface area (Å²) in [5, 5.41) is 0.567. The lowest BCUT2D eigenvalue weighted by atomic mass is 10.2. The second-order valence-electron chi connectivity index (χ2n) is 2.41. The van der Waals surface area contributed by atoms with Gasteiger partial charge in [-0.25, -0.2) is 4.98 Å². The lowest BCUT2D eigenvalue weighted by molar-refractivity contribution is 0.791. The van der Waals surface area contributed by atoms with Crippen LogP contribution in [0.1, 0.15) is 23.9 Å². The summed E-state index contributed by atoms with van der Waals surface area (Å²) in [6.07, 6.45) is 2.56. The highest BCUT2D eigenvalue weighted by Gasteiger charge is 2.21. The number of hydrogen-bond acceptors (Lipinski definition) is 4. The third-order valence-electron chi connectivity index (χ3n) is 1.63. The molecular weight excluding hydrogens is 244 g/mol. The summed E-state index contributed by atoms with van der Waals surface area (Å²) in [4.78, 5) is 4.30. The molecule has 2 rings (SSSR count). The summed E-state index contributed by atoms with van der Waals surface area (Å²) < 4.78 is 5.16. The van der Waals surface area contributed by atoms with Gasteiger partial charge in [-0.2, -0.15) is 16.1 Å². The van der Waals surface area contributed by atoms with Crippen LogP contribution in [0.3, 0.4) is 0 Å². The smallest absolute Gasteiger partial charge is 0.179 e. The predicted molar refractivity (Wildman–Crippen MR) is 52.0 cm³/mol. The normalized spacial score (nSPS) is 24.3. The minimum atomic E-state index is 0.567. The highest BCUT2D eigenvalue weighted by Crippen LogP contribution is 2.39. The van der Waals surface area contributed by atoms with Gasteiger partial charge in [0.1, 0.15) is 0 Å². The molecule has 0 saturated carbocycles. The van der Waals surface area contributed by atoms with Gasteiger partial charge in [0.05, 0.1) is 5.25 Å². The molecule has 1 aromatic heterocycles. The van der Waals surface area contributed by atoms with Gasteiger partial charge in [0.15, 0.2) is 9.74 Å². The van der Waals surface area contributed by atoms with Crippen molar-refractivity contribution in [1.82, 2.24) is 9.36 Å². The maximum atomic E-state index is 4.30. The van der Waals surface area contributed by atoms with Crippen molar-refractivity contribution in [2.75, 3.05) is 5.75 Å². The van der Waals surface area contributed by atoms with Crippen molar-refractivity contribution < 1.29 is 0 Å². The molecule has 0 radical (unpaired) electrons. The van der Waals surface area contributed by atoms with Gasteiger partial charge >= 0.3 is 0 Å². The second-order valence-corrected chi connectivity index (χ2v) is 5.75. The molecule has 2 nitrogen and oxygen atoms in total. The van der Waals surface area contributed by atoms with Gasteiger partial charge in [0, 0.05) is 0 Å². The molecule has 0 aliphatic carbocycles. The average Bonchev–Trinajstić information content (AvgIpc) is 2.55. The summed E-state index contributed by atoms with van der Waals surface area (Å²) in [6, 6.07) is 0. The monoisotopic (exact) mass is 250 g/mol. The van der Waals surface area contributed by atoms with E-state index in [2.05, 4.69) is 25.3 Å². The molecule has 1 aliphatic heterocycles. The Morgan fingerprint density at radius 1 is 1.55 bits per heavy atom. The van der Waals surface area contributed by atoms with Gasteiger partial charge in [-0.3, -0.25) is 0 Å². The van der Waals surface area contributed by atoms with Gasteiger partial charge in [0.2, 0.25) is 0 Å². The van der Waals surface area contributed by atoms with Crippen molar-refractivity contribution in [3.63, 3.8) is 0 Å².